The number of carbonyl (C=O) groups excluding carboxylic acids is 1. The molecule has 0 saturated carbocycles. The number of hydrogen-bond donors (Lipinski definition) is 2. The summed E-state index contributed by atoms with van der Waals surface area (Å²) in [5.41, 5.74) is 0.103. The van der Waals surface area contributed by atoms with Gasteiger partial charge in [0.2, 0.25) is 0 Å². The molecular weight excluding hydrogens is 485 g/mol. The van der Waals surface area contributed by atoms with E-state index in [1.54, 1.807) is 35.3 Å². The highest BCUT2D eigenvalue weighted by atomic mass is 19.4. The molecule has 0 saturated heterocycles. The van der Waals surface area contributed by atoms with E-state index in [4.69, 9.17) is 9.47 Å². The second-order valence-corrected chi connectivity index (χ2v) is 8.76. The average molecular weight is 506 g/mol. The van der Waals surface area contributed by atoms with E-state index >= 15 is 0 Å². The zero-order valence-corrected chi connectivity index (χ0v) is 19.8. The summed E-state index contributed by atoms with van der Waals surface area (Å²) in [5.74, 6) is -0.361. The minimum absolute atomic E-state index is 0.115. The Kier molecular flexibility index (Phi) is 5.99. The van der Waals surface area contributed by atoms with Crippen molar-refractivity contribution in [3.63, 3.8) is 0 Å². The van der Waals surface area contributed by atoms with Crippen LogP contribution in [0.4, 0.5) is 13.2 Å². The van der Waals surface area contributed by atoms with Crippen molar-refractivity contribution in [2.24, 2.45) is 0 Å². The summed E-state index contributed by atoms with van der Waals surface area (Å²) in [4.78, 5) is 27.8. The third kappa shape index (κ3) is 4.80. The van der Waals surface area contributed by atoms with Gasteiger partial charge in [-0.1, -0.05) is 42.5 Å². The fourth-order valence-corrected chi connectivity index (χ4v) is 4.17. The maximum atomic E-state index is 13.7. The maximum absolute atomic E-state index is 13.7. The van der Waals surface area contributed by atoms with E-state index in [1.165, 1.54) is 12.1 Å². The van der Waals surface area contributed by atoms with Gasteiger partial charge in [-0.05, 0) is 49.2 Å². The van der Waals surface area contributed by atoms with Crippen LogP contribution in [0.5, 0.6) is 23.0 Å². The van der Waals surface area contributed by atoms with E-state index < -0.39 is 40.7 Å². The molecule has 1 aliphatic heterocycles. The van der Waals surface area contributed by atoms with Crippen molar-refractivity contribution in [1.82, 2.24) is 10.3 Å². The highest BCUT2D eigenvalue weighted by Crippen LogP contribution is 2.44. The Labute approximate surface area is 209 Å². The molecule has 1 aromatic heterocycles. The minimum Gasteiger partial charge on any atom is -0.457 e. The van der Waals surface area contributed by atoms with Crippen molar-refractivity contribution in [1.29, 1.82) is 0 Å². The summed E-state index contributed by atoms with van der Waals surface area (Å²) in [7, 11) is 0. The van der Waals surface area contributed by atoms with Gasteiger partial charge in [-0.2, -0.15) is 13.2 Å². The monoisotopic (exact) mass is 506 g/mol. The molecule has 0 fully saturated rings. The SMILES string of the molecule is Cc1ccc2c(c1)Oc1cc(C)ccc1C2NC(=O)c1cc(Oc2ccccc2)c(C(F)(F)F)[nH]c1=O. The van der Waals surface area contributed by atoms with Crippen molar-refractivity contribution >= 4 is 5.91 Å². The molecule has 0 spiro atoms. The molecule has 2 N–H and O–H groups in total. The molecule has 0 unspecified atom stereocenters. The summed E-state index contributed by atoms with van der Waals surface area (Å²) in [5, 5.41) is 2.80. The third-order valence-electron chi connectivity index (χ3n) is 5.96. The number of benzene rings is 3. The Morgan fingerprint density at radius 2 is 1.51 bits per heavy atom. The quantitative estimate of drug-likeness (QED) is 0.334. The van der Waals surface area contributed by atoms with Gasteiger partial charge in [-0.25, -0.2) is 0 Å². The number of carbonyl (C=O) groups is 1. The van der Waals surface area contributed by atoms with Crippen LogP contribution in [0.2, 0.25) is 0 Å². The Morgan fingerprint density at radius 3 is 2.08 bits per heavy atom. The number of amides is 1. The van der Waals surface area contributed by atoms with E-state index in [9.17, 15) is 22.8 Å². The number of nitrogens with one attached hydrogen (secondary N) is 2. The van der Waals surface area contributed by atoms with Crippen LogP contribution in [0, 0.1) is 13.8 Å². The molecule has 1 aliphatic rings. The lowest BCUT2D eigenvalue weighted by Gasteiger charge is -2.29. The number of aromatic nitrogens is 1. The maximum Gasteiger partial charge on any atom is 0.435 e. The Morgan fingerprint density at radius 1 is 0.919 bits per heavy atom. The van der Waals surface area contributed by atoms with Crippen molar-refractivity contribution in [2.45, 2.75) is 26.1 Å². The Bertz CT molecular complexity index is 1510. The number of aromatic amines is 1. The van der Waals surface area contributed by atoms with E-state index in [0.29, 0.717) is 22.6 Å². The first-order valence-corrected chi connectivity index (χ1v) is 11.4. The second-order valence-electron chi connectivity index (χ2n) is 8.76. The molecule has 5 rings (SSSR count). The van der Waals surface area contributed by atoms with Gasteiger partial charge < -0.3 is 19.8 Å². The van der Waals surface area contributed by atoms with Gasteiger partial charge in [0.25, 0.3) is 11.5 Å². The number of hydrogen-bond acceptors (Lipinski definition) is 4. The predicted molar refractivity (Wildman–Crippen MR) is 130 cm³/mol. The van der Waals surface area contributed by atoms with Crippen LogP contribution >= 0.6 is 0 Å². The third-order valence-corrected chi connectivity index (χ3v) is 5.96. The Hall–Kier alpha value is -4.53. The summed E-state index contributed by atoms with van der Waals surface area (Å²) in [6, 6.07) is 18.9. The summed E-state index contributed by atoms with van der Waals surface area (Å²) < 4.78 is 52.5. The number of aryl methyl sites for hydroxylation is 2. The number of ether oxygens (including phenoxy) is 2. The van der Waals surface area contributed by atoms with Gasteiger partial charge in [0, 0.05) is 17.2 Å². The first kappa shape index (κ1) is 24.2. The van der Waals surface area contributed by atoms with E-state index in [2.05, 4.69) is 5.32 Å². The molecule has 3 aromatic carbocycles. The van der Waals surface area contributed by atoms with Crippen molar-refractivity contribution in [3.8, 4) is 23.0 Å². The predicted octanol–water partition coefficient (Wildman–Crippen LogP) is 6.43. The smallest absolute Gasteiger partial charge is 0.435 e. The highest BCUT2D eigenvalue weighted by Gasteiger charge is 2.38. The Balaban J connectivity index is 1.56. The molecule has 6 nitrogen and oxygen atoms in total. The van der Waals surface area contributed by atoms with Crippen LogP contribution in [0.25, 0.3) is 0 Å². The molecule has 0 bridgehead atoms. The lowest BCUT2D eigenvalue weighted by Crippen LogP contribution is -2.35. The van der Waals surface area contributed by atoms with E-state index in [-0.39, 0.29) is 5.75 Å². The van der Waals surface area contributed by atoms with Gasteiger partial charge in [0.1, 0.15) is 22.8 Å². The number of halogens is 3. The lowest BCUT2D eigenvalue weighted by atomic mass is 9.92. The molecule has 1 amide bonds. The molecule has 0 radical (unpaired) electrons. The highest BCUT2D eigenvalue weighted by molar-refractivity contribution is 5.95. The zero-order chi connectivity index (χ0) is 26.3. The van der Waals surface area contributed by atoms with Crippen molar-refractivity contribution in [3.05, 3.63) is 117 Å². The number of H-pyrrole nitrogens is 1. The fraction of sp³-hybridized carbons (Fsp3) is 0.143. The van der Waals surface area contributed by atoms with Crippen LogP contribution in [0.1, 0.15) is 44.3 Å². The van der Waals surface area contributed by atoms with Crippen LogP contribution in [0.15, 0.2) is 77.6 Å². The van der Waals surface area contributed by atoms with Gasteiger partial charge in [0.15, 0.2) is 11.4 Å². The van der Waals surface area contributed by atoms with Crippen LogP contribution in [-0.2, 0) is 6.18 Å². The molecule has 9 heteroatoms. The number of pyridine rings is 1. The molecule has 0 atom stereocenters. The first-order chi connectivity index (χ1) is 17.6. The largest absolute Gasteiger partial charge is 0.457 e. The molecule has 2 heterocycles. The molecule has 188 valence electrons. The average Bonchev–Trinajstić information content (AvgIpc) is 2.84. The molecule has 0 aliphatic carbocycles. The normalized spacial score (nSPS) is 12.8. The van der Waals surface area contributed by atoms with Crippen LogP contribution in [-0.4, -0.2) is 10.9 Å². The van der Waals surface area contributed by atoms with Gasteiger partial charge in [-0.15, -0.1) is 0 Å². The summed E-state index contributed by atoms with van der Waals surface area (Å²) in [6.07, 6.45) is -4.91. The van der Waals surface area contributed by atoms with E-state index in [1.807, 2.05) is 38.1 Å². The summed E-state index contributed by atoms with van der Waals surface area (Å²) >= 11 is 0. The first-order valence-electron chi connectivity index (χ1n) is 11.4. The van der Waals surface area contributed by atoms with Gasteiger partial charge >= 0.3 is 6.18 Å². The fourth-order valence-electron chi connectivity index (χ4n) is 4.17. The van der Waals surface area contributed by atoms with Crippen molar-refractivity contribution < 1.29 is 27.4 Å². The number of para-hydroxylation sites is 1. The molecular formula is C28H21F3N2O4. The number of fused-ring (bicyclic) bond motifs is 2. The molecule has 4 aromatic rings. The number of alkyl halides is 3. The topological polar surface area (TPSA) is 80.4 Å². The van der Waals surface area contributed by atoms with Gasteiger partial charge in [-0.3, -0.25) is 9.59 Å². The van der Waals surface area contributed by atoms with Gasteiger partial charge in [0.05, 0.1) is 6.04 Å². The van der Waals surface area contributed by atoms with E-state index in [0.717, 1.165) is 17.2 Å². The van der Waals surface area contributed by atoms with Crippen LogP contribution < -0.4 is 20.3 Å². The summed E-state index contributed by atoms with van der Waals surface area (Å²) in [6.45, 7) is 3.80. The standard InChI is InChI=1S/C28H21F3N2O4/c1-15-8-10-18-21(12-15)37-22-13-16(2)9-11-19(22)24(18)32-26(34)20-14-23(36-17-6-4-3-5-7-17)25(28(29,30)31)33-27(20)35/h3-14,24H,1-2H3,(H,32,34)(H,33,35). The zero-order valence-electron chi connectivity index (χ0n) is 19.8. The molecule has 37 heavy (non-hydrogen) atoms. The van der Waals surface area contributed by atoms with Crippen molar-refractivity contribution in [2.75, 3.05) is 0 Å². The van der Waals surface area contributed by atoms with Crippen LogP contribution in [0.3, 0.4) is 0 Å². The second kappa shape index (κ2) is 9.16. The number of rotatable bonds is 4. The minimum atomic E-state index is -4.91. The lowest BCUT2D eigenvalue weighted by molar-refractivity contribution is -0.142.